The third-order valence-corrected chi connectivity index (χ3v) is 3.87. The second kappa shape index (κ2) is 7.32. The fraction of sp³-hybridized carbons (Fsp3) is 0.105. The van der Waals surface area contributed by atoms with Crippen molar-refractivity contribution in [3.05, 3.63) is 76.6 Å². The monoisotopic (exact) mass is 352 g/mol. The second-order valence-corrected chi connectivity index (χ2v) is 6.14. The van der Waals surface area contributed by atoms with E-state index in [4.69, 9.17) is 11.6 Å². The molecule has 1 aromatic heterocycles. The Hall–Kier alpha value is -2.92. The lowest BCUT2D eigenvalue weighted by Gasteiger charge is -2.09. The van der Waals surface area contributed by atoms with Gasteiger partial charge in [-0.3, -0.25) is 4.79 Å². The van der Waals surface area contributed by atoms with E-state index < -0.39 is 0 Å². The van der Waals surface area contributed by atoms with Crippen molar-refractivity contribution in [2.24, 2.45) is 0 Å². The first kappa shape index (κ1) is 16.9. The van der Waals surface area contributed by atoms with Crippen LogP contribution in [-0.2, 0) is 0 Å². The Morgan fingerprint density at radius 2 is 1.80 bits per heavy atom. The van der Waals surface area contributed by atoms with Crippen LogP contribution in [0, 0.1) is 13.8 Å². The van der Waals surface area contributed by atoms with Crippen LogP contribution in [-0.4, -0.2) is 15.9 Å². The van der Waals surface area contributed by atoms with Gasteiger partial charge in [0.15, 0.2) is 0 Å². The van der Waals surface area contributed by atoms with Gasteiger partial charge in [0, 0.05) is 28.8 Å². The van der Waals surface area contributed by atoms with Crippen LogP contribution in [0.15, 0.2) is 54.9 Å². The molecule has 6 heteroatoms. The molecule has 0 fully saturated rings. The molecule has 0 aliphatic carbocycles. The number of hydrogen-bond donors (Lipinski definition) is 2. The Morgan fingerprint density at radius 3 is 2.52 bits per heavy atom. The van der Waals surface area contributed by atoms with Gasteiger partial charge in [0.25, 0.3) is 5.91 Å². The number of carbonyl (C=O) groups is 1. The molecule has 0 spiro atoms. The van der Waals surface area contributed by atoms with Crippen molar-refractivity contribution in [1.82, 2.24) is 9.97 Å². The molecule has 1 heterocycles. The van der Waals surface area contributed by atoms with Gasteiger partial charge in [-0.25, -0.2) is 9.97 Å². The third-order valence-electron chi connectivity index (χ3n) is 3.64. The van der Waals surface area contributed by atoms with Crippen LogP contribution in [0.5, 0.6) is 0 Å². The molecule has 3 rings (SSSR count). The van der Waals surface area contributed by atoms with Gasteiger partial charge in [0.2, 0.25) is 5.95 Å². The maximum absolute atomic E-state index is 12.3. The summed E-state index contributed by atoms with van der Waals surface area (Å²) in [5.41, 5.74) is 4.00. The van der Waals surface area contributed by atoms with Crippen LogP contribution < -0.4 is 10.6 Å². The molecule has 0 saturated carbocycles. The molecule has 0 aliphatic heterocycles. The van der Waals surface area contributed by atoms with E-state index in [1.54, 1.807) is 12.1 Å². The van der Waals surface area contributed by atoms with Gasteiger partial charge < -0.3 is 10.6 Å². The molecule has 0 bridgehead atoms. The predicted molar refractivity (Wildman–Crippen MR) is 101 cm³/mol. The summed E-state index contributed by atoms with van der Waals surface area (Å²) in [6.07, 6.45) is 2.97. The molecule has 3 aromatic rings. The first-order chi connectivity index (χ1) is 12.0. The Morgan fingerprint density at radius 1 is 1.04 bits per heavy atom. The zero-order valence-corrected chi connectivity index (χ0v) is 14.6. The lowest BCUT2D eigenvalue weighted by atomic mass is 10.2. The van der Waals surface area contributed by atoms with Gasteiger partial charge in [0.05, 0.1) is 5.56 Å². The van der Waals surface area contributed by atoms with E-state index in [1.807, 2.05) is 44.2 Å². The maximum Gasteiger partial charge on any atom is 0.258 e. The molecule has 0 saturated heterocycles. The van der Waals surface area contributed by atoms with Crippen molar-refractivity contribution >= 4 is 34.8 Å². The molecule has 5 nitrogen and oxygen atoms in total. The van der Waals surface area contributed by atoms with Crippen molar-refractivity contribution in [3.8, 4) is 0 Å². The van der Waals surface area contributed by atoms with E-state index in [1.165, 1.54) is 12.4 Å². The Labute approximate surface area is 151 Å². The third kappa shape index (κ3) is 4.33. The number of aryl methyl sites for hydroxylation is 2. The first-order valence-corrected chi connectivity index (χ1v) is 8.12. The largest absolute Gasteiger partial charge is 0.324 e. The summed E-state index contributed by atoms with van der Waals surface area (Å²) < 4.78 is 0. The van der Waals surface area contributed by atoms with Crippen LogP contribution in [0.3, 0.4) is 0 Å². The lowest BCUT2D eigenvalue weighted by molar-refractivity contribution is 0.102. The molecule has 0 aliphatic rings. The van der Waals surface area contributed by atoms with E-state index in [9.17, 15) is 4.79 Å². The minimum atomic E-state index is -0.285. The number of hydrogen-bond acceptors (Lipinski definition) is 4. The Kier molecular flexibility index (Phi) is 4.95. The Balaban J connectivity index is 1.71. The minimum Gasteiger partial charge on any atom is -0.324 e. The summed E-state index contributed by atoms with van der Waals surface area (Å²) in [5, 5.41) is 6.49. The number of aromatic nitrogens is 2. The molecule has 0 atom stereocenters. The fourth-order valence-electron chi connectivity index (χ4n) is 2.29. The average Bonchev–Trinajstić information content (AvgIpc) is 2.59. The molecular weight excluding hydrogens is 336 g/mol. The number of amides is 1. The van der Waals surface area contributed by atoms with Crippen LogP contribution >= 0.6 is 11.6 Å². The highest BCUT2D eigenvalue weighted by atomic mass is 35.5. The van der Waals surface area contributed by atoms with E-state index in [2.05, 4.69) is 20.6 Å². The van der Waals surface area contributed by atoms with Crippen LogP contribution in [0.1, 0.15) is 21.5 Å². The predicted octanol–water partition coefficient (Wildman–Crippen LogP) is 4.74. The number of anilines is 3. The van der Waals surface area contributed by atoms with Crippen molar-refractivity contribution in [2.75, 3.05) is 10.6 Å². The molecule has 1 amide bonds. The number of halogens is 1. The maximum atomic E-state index is 12.3. The van der Waals surface area contributed by atoms with E-state index in [0.29, 0.717) is 22.2 Å². The van der Waals surface area contributed by atoms with E-state index >= 15 is 0 Å². The van der Waals surface area contributed by atoms with Crippen molar-refractivity contribution in [2.45, 2.75) is 13.8 Å². The summed E-state index contributed by atoms with van der Waals surface area (Å²) in [4.78, 5) is 20.7. The number of benzene rings is 2. The van der Waals surface area contributed by atoms with Gasteiger partial charge in [-0.15, -0.1) is 0 Å². The molecule has 2 N–H and O–H groups in total. The summed E-state index contributed by atoms with van der Waals surface area (Å²) in [6.45, 7) is 3.91. The highest BCUT2D eigenvalue weighted by Gasteiger charge is 2.10. The zero-order chi connectivity index (χ0) is 17.8. The standard InChI is InChI=1S/C19H17ClN4O/c1-12-4-3-5-16(8-12)23-19-21-10-14(11-22-19)18(25)24-17-9-15(20)7-6-13(17)2/h3-11H,1-2H3,(H,24,25)(H,21,22,23). The van der Waals surface area contributed by atoms with Crippen LogP contribution in [0.4, 0.5) is 17.3 Å². The summed E-state index contributed by atoms with van der Waals surface area (Å²) in [5.74, 6) is 0.147. The van der Waals surface area contributed by atoms with Gasteiger partial charge in [0.1, 0.15) is 0 Å². The number of nitrogens with zero attached hydrogens (tertiary/aromatic N) is 2. The van der Waals surface area contributed by atoms with Crippen molar-refractivity contribution in [3.63, 3.8) is 0 Å². The van der Waals surface area contributed by atoms with E-state index in [-0.39, 0.29) is 5.91 Å². The number of carbonyl (C=O) groups excluding carboxylic acids is 1. The van der Waals surface area contributed by atoms with Crippen LogP contribution in [0.2, 0.25) is 5.02 Å². The fourth-order valence-corrected chi connectivity index (χ4v) is 2.46. The normalized spacial score (nSPS) is 10.4. The average molecular weight is 353 g/mol. The van der Waals surface area contributed by atoms with Gasteiger partial charge >= 0.3 is 0 Å². The number of nitrogens with one attached hydrogen (secondary N) is 2. The molecule has 0 unspecified atom stereocenters. The molecule has 2 aromatic carbocycles. The minimum absolute atomic E-state index is 0.285. The summed E-state index contributed by atoms with van der Waals surface area (Å²) >= 11 is 5.97. The van der Waals surface area contributed by atoms with Gasteiger partial charge in [-0.1, -0.05) is 29.8 Å². The molecular formula is C19H17ClN4O. The molecule has 25 heavy (non-hydrogen) atoms. The highest BCUT2D eigenvalue weighted by Crippen LogP contribution is 2.21. The van der Waals surface area contributed by atoms with Gasteiger partial charge in [-0.05, 0) is 49.2 Å². The zero-order valence-electron chi connectivity index (χ0n) is 13.9. The quantitative estimate of drug-likeness (QED) is 0.711. The summed E-state index contributed by atoms with van der Waals surface area (Å²) in [6, 6.07) is 13.2. The Bertz CT molecular complexity index is 910. The SMILES string of the molecule is Cc1cccc(Nc2ncc(C(=O)Nc3cc(Cl)ccc3C)cn2)c1. The van der Waals surface area contributed by atoms with Gasteiger partial charge in [-0.2, -0.15) is 0 Å². The smallest absolute Gasteiger partial charge is 0.258 e. The molecule has 0 radical (unpaired) electrons. The number of rotatable bonds is 4. The topological polar surface area (TPSA) is 66.9 Å². The summed E-state index contributed by atoms with van der Waals surface area (Å²) in [7, 11) is 0. The van der Waals surface area contributed by atoms with Crippen LogP contribution in [0.25, 0.3) is 0 Å². The molecule has 126 valence electrons. The van der Waals surface area contributed by atoms with Crippen molar-refractivity contribution < 1.29 is 4.79 Å². The highest BCUT2D eigenvalue weighted by molar-refractivity contribution is 6.31. The van der Waals surface area contributed by atoms with E-state index in [0.717, 1.165) is 16.8 Å². The first-order valence-electron chi connectivity index (χ1n) is 7.74. The second-order valence-electron chi connectivity index (χ2n) is 5.70. The lowest BCUT2D eigenvalue weighted by Crippen LogP contribution is -2.14. The van der Waals surface area contributed by atoms with Crippen molar-refractivity contribution in [1.29, 1.82) is 0 Å².